The molecule has 3 aromatic heterocycles. The van der Waals surface area contributed by atoms with Crippen LogP contribution < -0.4 is 18.9 Å². The lowest BCUT2D eigenvalue weighted by atomic mass is 9.93. The first-order valence-electron chi connectivity index (χ1n) is 28.5. The van der Waals surface area contributed by atoms with E-state index >= 15 is 0 Å². The van der Waals surface area contributed by atoms with E-state index in [0.29, 0.717) is 83.3 Å². The van der Waals surface area contributed by atoms with Crippen LogP contribution in [0.4, 0.5) is 0 Å². The highest BCUT2D eigenvalue weighted by Gasteiger charge is 2.26. The zero-order valence-electron chi connectivity index (χ0n) is 49.8. The average molecular weight is 1130 g/mol. The molecule has 82 heavy (non-hydrogen) atoms. The van der Waals surface area contributed by atoms with Crippen LogP contribution in [0.25, 0.3) is 68.6 Å². The summed E-state index contributed by atoms with van der Waals surface area (Å²) in [5, 5.41) is 0. The summed E-state index contributed by atoms with van der Waals surface area (Å²) in [7, 11) is 0. The predicted octanol–water partition coefficient (Wildman–Crippen LogP) is 18.6. The van der Waals surface area contributed by atoms with Gasteiger partial charge >= 0.3 is 0 Å². The summed E-state index contributed by atoms with van der Waals surface area (Å²) in [6, 6.07) is 36.3. The minimum absolute atomic E-state index is 0.0486. The maximum absolute atomic E-state index is 6.86. The fourth-order valence-electron chi connectivity index (χ4n) is 9.22. The van der Waals surface area contributed by atoms with Gasteiger partial charge in [-0.15, -0.1) is 25.3 Å². The van der Waals surface area contributed by atoms with E-state index in [2.05, 4.69) is 191 Å². The summed E-state index contributed by atoms with van der Waals surface area (Å²) in [6.07, 6.45) is 11.6. The monoisotopic (exact) mass is 1130 g/mol. The van der Waals surface area contributed by atoms with Gasteiger partial charge in [0, 0.05) is 43.1 Å². The lowest BCUT2D eigenvalue weighted by Crippen LogP contribution is -2.13. The van der Waals surface area contributed by atoms with E-state index in [4.69, 9.17) is 28.9 Å². The smallest absolute Gasteiger partial charge is 0.131 e. The van der Waals surface area contributed by atoms with Crippen LogP contribution in [0.2, 0.25) is 0 Å². The van der Waals surface area contributed by atoms with E-state index in [1.807, 2.05) is 84.9 Å². The van der Waals surface area contributed by atoms with E-state index in [0.717, 1.165) is 90.9 Å². The number of nitrogens with zero attached hydrogens (tertiary/aromatic N) is 2. The average Bonchev–Trinajstić information content (AvgIpc) is 3.13. The second-order valence-corrected chi connectivity index (χ2v) is 27.0. The number of hydrogen-bond acceptors (Lipinski definition) is 8. The Morgan fingerprint density at radius 1 is 0.354 bits per heavy atom. The fraction of sp³-hybridized carbons (Fsp3) is 0.333. The molecule has 8 nitrogen and oxygen atoms in total. The molecule has 9 rings (SSSR count). The van der Waals surface area contributed by atoms with E-state index < -0.39 is 0 Å². The number of ether oxygens (including phenoxy) is 4. The molecular formula is C72H78N4O4S2. The summed E-state index contributed by atoms with van der Waals surface area (Å²) >= 11 is 9.16. The molecule has 10 heteroatoms. The topological polar surface area (TPSA) is 94.3 Å². The number of aromatic amines is 2. The van der Waals surface area contributed by atoms with Crippen LogP contribution in [0.1, 0.15) is 154 Å². The van der Waals surface area contributed by atoms with Gasteiger partial charge in [0.2, 0.25) is 0 Å². The van der Waals surface area contributed by atoms with Crippen molar-refractivity contribution in [1.82, 2.24) is 19.9 Å². The third-order valence-corrected chi connectivity index (χ3v) is 14.7. The van der Waals surface area contributed by atoms with Crippen molar-refractivity contribution in [2.24, 2.45) is 21.7 Å². The normalized spacial score (nSPS) is 12.4. The van der Waals surface area contributed by atoms with Crippen LogP contribution in [0.15, 0.2) is 119 Å². The number of nitrogens with one attached hydrogen (secondary N) is 2. The SMILES string of the molecule is CC(C)(C)CCOc1cccc(OCCC(C)(C)C)c1-c1c2nc(c(C#Cc3ccc(S)cc3)c3ccc([nH]3)c(-c3c(OCCC(C)(C)C)cccc3OCCC(C)(C)C)c3nc(c(C#Cc4ccc(S)cc4)c4ccc1[nH]4)C=C3)C=C2. The molecule has 0 spiro atoms. The van der Waals surface area contributed by atoms with E-state index in [-0.39, 0.29) is 21.7 Å². The van der Waals surface area contributed by atoms with E-state index in [9.17, 15) is 0 Å². The van der Waals surface area contributed by atoms with Gasteiger partial charge in [0.1, 0.15) is 23.0 Å². The van der Waals surface area contributed by atoms with Crippen LogP contribution >= 0.6 is 25.3 Å². The fourth-order valence-corrected chi connectivity index (χ4v) is 9.52. The largest absolute Gasteiger partial charge is 0.493 e. The van der Waals surface area contributed by atoms with Crippen molar-refractivity contribution in [3.05, 3.63) is 154 Å². The van der Waals surface area contributed by atoms with Crippen molar-refractivity contribution in [3.8, 4) is 68.9 Å². The first-order valence-corrected chi connectivity index (χ1v) is 29.4. The minimum atomic E-state index is 0.0486. The molecule has 2 aliphatic rings. The van der Waals surface area contributed by atoms with E-state index in [1.54, 1.807) is 0 Å². The van der Waals surface area contributed by atoms with Gasteiger partial charge in [0.05, 0.1) is 82.5 Å². The van der Waals surface area contributed by atoms with Crippen molar-refractivity contribution < 1.29 is 18.9 Å². The van der Waals surface area contributed by atoms with Gasteiger partial charge in [-0.3, -0.25) is 0 Å². The predicted molar refractivity (Wildman–Crippen MR) is 347 cm³/mol. The Bertz CT molecular complexity index is 3500. The van der Waals surface area contributed by atoms with Crippen LogP contribution in [-0.2, 0) is 0 Å². The Hall–Kier alpha value is -7.50. The number of aromatic nitrogens is 4. The second-order valence-electron chi connectivity index (χ2n) is 26.0. The molecule has 0 aliphatic carbocycles. The maximum Gasteiger partial charge on any atom is 0.131 e. The summed E-state index contributed by atoms with van der Waals surface area (Å²) < 4.78 is 27.4. The Morgan fingerprint density at radius 3 is 0.951 bits per heavy atom. The Balaban J connectivity index is 1.41. The van der Waals surface area contributed by atoms with Gasteiger partial charge in [-0.05, 0) is 169 Å². The van der Waals surface area contributed by atoms with E-state index in [1.165, 1.54) is 0 Å². The lowest BCUT2D eigenvalue weighted by molar-refractivity contribution is 0.235. The molecule has 8 bridgehead atoms. The van der Waals surface area contributed by atoms with Crippen molar-refractivity contribution in [3.63, 3.8) is 0 Å². The first kappa shape index (κ1) is 59.1. The summed E-state index contributed by atoms with van der Waals surface area (Å²) in [5.41, 5.74) is 12.3. The van der Waals surface area contributed by atoms with Gasteiger partial charge in [-0.25, -0.2) is 9.97 Å². The molecule has 0 saturated carbocycles. The van der Waals surface area contributed by atoms with Crippen molar-refractivity contribution >= 4 is 71.6 Å². The number of fused-ring (bicyclic) bond motifs is 8. The van der Waals surface area contributed by atoms with Gasteiger partial charge < -0.3 is 28.9 Å². The van der Waals surface area contributed by atoms with Crippen LogP contribution in [0.5, 0.6) is 23.0 Å². The standard InChI is InChI=1S/C72H78N4O4S2/c1-69(2,3)39-43-77-61-15-13-16-62(78-44-40-70(4,5)6)67(61)65-57-35-31-53(73-57)51(29-23-47-19-25-49(81)26-20-47)55-33-37-59(75-55)66(68-63(79-45-41-71(7,8)9)17-14-18-64(68)80-46-42-72(10,11)12)60-38-34-56(76-60)52(54-32-36-58(65)74-54)30-24-48-21-27-50(82)28-22-48/h13-22,25-28,31-38,73,76,81-82H,39-46H2,1-12H3. The molecule has 7 aromatic rings. The quantitative estimate of drug-likeness (QED) is 0.0640. The lowest BCUT2D eigenvalue weighted by Gasteiger charge is -2.22. The van der Waals surface area contributed by atoms with Gasteiger partial charge in [-0.1, -0.05) is 119 Å². The molecule has 0 amide bonds. The Morgan fingerprint density at radius 2 is 0.646 bits per heavy atom. The molecule has 422 valence electrons. The highest BCUT2D eigenvalue weighted by atomic mass is 32.1. The molecule has 0 fully saturated rings. The molecule has 5 heterocycles. The van der Waals surface area contributed by atoms with Gasteiger partial charge in [0.25, 0.3) is 0 Å². The molecular weight excluding hydrogens is 1050 g/mol. The highest BCUT2D eigenvalue weighted by Crippen LogP contribution is 2.46. The maximum atomic E-state index is 6.86. The summed E-state index contributed by atoms with van der Waals surface area (Å²) in [4.78, 5) is 20.6. The van der Waals surface area contributed by atoms with Crippen LogP contribution in [0.3, 0.4) is 0 Å². The van der Waals surface area contributed by atoms with Gasteiger partial charge in [-0.2, -0.15) is 0 Å². The number of H-pyrrole nitrogens is 2. The minimum Gasteiger partial charge on any atom is -0.493 e. The van der Waals surface area contributed by atoms with Crippen LogP contribution in [0, 0.1) is 45.3 Å². The summed E-state index contributed by atoms with van der Waals surface area (Å²) in [6.45, 7) is 28.8. The number of thiol groups is 2. The Kier molecular flexibility index (Phi) is 18.0. The first-order chi connectivity index (χ1) is 38.9. The number of benzene rings is 4. The van der Waals surface area contributed by atoms with Crippen molar-refractivity contribution in [2.75, 3.05) is 26.4 Å². The zero-order valence-corrected chi connectivity index (χ0v) is 51.6. The highest BCUT2D eigenvalue weighted by molar-refractivity contribution is 7.80. The number of hydrogen-bond donors (Lipinski definition) is 4. The third-order valence-electron chi connectivity index (χ3n) is 14.1. The summed E-state index contributed by atoms with van der Waals surface area (Å²) in [5.74, 6) is 16.9. The molecule has 0 radical (unpaired) electrons. The van der Waals surface area contributed by atoms with Crippen molar-refractivity contribution in [2.45, 2.75) is 119 Å². The Labute approximate surface area is 497 Å². The zero-order chi connectivity index (χ0) is 58.4. The van der Waals surface area contributed by atoms with Gasteiger partial charge in [0.15, 0.2) is 0 Å². The van der Waals surface area contributed by atoms with Crippen LogP contribution in [-0.4, -0.2) is 46.4 Å². The molecule has 2 aliphatic heterocycles. The molecule has 4 aromatic carbocycles. The molecule has 0 atom stereocenters. The van der Waals surface area contributed by atoms with Crippen molar-refractivity contribution in [1.29, 1.82) is 0 Å². The molecule has 0 saturated heterocycles. The molecule has 0 unspecified atom stereocenters. The number of rotatable bonds is 14. The second kappa shape index (κ2) is 24.9. The third kappa shape index (κ3) is 15.5. The molecule has 2 N–H and O–H groups in total.